The van der Waals surface area contributed by atoms with Crippen molar-refractivity contribution in [1.82, 2.24) is 10.2 Å². The monoisotopic (exact) mass is 416 g/mol. The first-order chi connectivity index (χ1) is 14.0. The van der Waals surface area contributed by atoms with Crippen LogP contribution in [-0.4, -0.2) is 23.4 Å². The fraction of sp³-hybridized carbons (Fsp3) is 0.364. The molecule has 0 saturated heterocycles. The molecule has 0 radical (unpaired) electrons. The van der Waals surface area contributed by atoms with Crippen molar-refractivity contribution in [2.45, 2.75) is 40.5 Å². The molecule has 2 aromatic heterocycles. The zero-order valence-electron chi connectivity index (χ0n) is 17.1. The van der Waals surface area contributed by atoms with Crippen LogP contribution >= 0.6 is 11.6 Å². The normalized spacial score (nSPS) is 11.7. The summed E-state index contributed by atoms with van der Waals surface area (Å²) in [6.45, 7) is 8.98. The Morgan fingerprint density at radius 3 is 2.59 bits per heavy atom. The van der Waals surface area contributed by atoms with Crippen LogP contribution in [-0.2, 0) is 0 Å². The summed E-state index contributed by atoms with van der Waals surface area (Å²) in [5.74, 6) is 3.51. The number of aryl methyl sites for hydroxylation is 2. The molecule has 0 aliphatic heterocycles. The Balaban J connectivity index is 1.82. The quantitative estimate of drug-likeness (QED) is 0.383. The second-order valence-corrected chi connectivity index (χ2v) is 6.98. The Morgan fingerprint density at radius 1 is 1.07 bits per heavy atom. The molecule has 0 atom stereocenters. The predicted octanol–water partition coefficient (Wildman–Crippen LogP) is 6.26. The zero-order chi connectivity index (χ0) is 20.8. The van der Waals surface area contributed by atoms with Crippen molar-refractivity contribution in [2.24, 2.45) is 0 Å². The summed E-state index contributed by atoms with van der Waals surface area (Å²) in [7, 11) is 0. The molecule has 0 aliphatic rings. The fourth-order valence-corrected chi connectivity index (χ4v) is 3.01. The molecular weight excluding hydrogens is 392 g/mol. The van der Waals surface area contributed by atoms with Gasteiger partial charge in [0.1, 0.15) is 16.6 Å². The molecule has 0 unspecified atom stereocenters. The first kappa shape index (κ1) is 21.0. The zero-order valence-corrected chi connectivity index (χ0v) is 17.9. The van der Waals surface area contributed by atoms with E-state index in [1.807, 2.05) is 45.0 Å². The van der Waals surface area contributed by atoms with Gasteiger partial charge in [0.25, 0.3) is 11.8 Å². The standard InChI is InChI=1S/C22H25ClN2O4/c1-5-7-10-27-19-9-8-16(13-20(19)26-6-2)12-18(23)22-25-24-21(29-22)17-11-14(3)28-15(17)4/h8-9,11-13H,5-7,10H2,1-4H3/b18-12-. The summed E-state index contributed by atoms with van der Waals surface area (Å²) >= 11 is 6.43. The lowest BCUT2D eigenvalue weighted by molar-refractivity contribution is 0.272. The van der Waals surface area contributed by atoms with Gasteiger partial charge in [-0.25, -0.2) is 0 Å². The fourth-order valence-electron chi connectivity index (χ4n) is 2.81. The molecule has 3 aromatic rings. The number of unbranched alkanes of at least 4 members (excludes halogenated alkanes) is 1. The first-order valence-corrected chi connectivity index (χ1v) is 10.1. The van der Waals surface area contributed by atoms with E-state index in [0.717, 1.165) is 41.2 Å². The maximum absolute atomic E-state index is 6.43. The third-order valence-corrected chi connectivity index (χ3v) is 4.49. The molecule has 0 N–H and O–H groups in total. The maximum Gasteiger partial charge on any atom is 0.259 e. The number of furan rings is 1. The second-order valence-electron chi connectivity index (χ2n) is 6.57. The minimum atomic E-state index is 0.237. The number of halogens is 1. The van der Waals surface area contributed by atoms with E-state index >= 15 is 0 Å². The molecule has 0 spiro atoms. The van der Waals surface area contributed by atoms with Gasteiger partial charge < -0.3 is 18.3 Å². The van der Waals surface area contributed by atoms with Gasteiger partial charge in [-0.15, -0.1) is 10.2 Å². The Hall–Kier alpha value is -2.73. The van der Waals surface area contributed by atoms with Gasteiger partial charge in [0.2, 0.25) is 0 Å². The van der Waals surface area contributed by atoms with Crippen molar-refractivity contribution >= 4 is 22.7 Å². The van der Waals surface area contributed by atoms with Gasteiger partial charge in [-0.05, 0) is 57.0 Å². The van der Waals surface area contributed by atoms with E-state index in [2.05, 4.69) is 17.1 Å². The average Bonchev–Trinajstić information content (AvgIpc) is 3.30. The van der Waals surface area contributed by atoms with E-state index in [0.29, 0.717) is 29.9 Å². The number of benzene rings is 1. The number of nitrogens with zero attached hydrogens (tertiary/aromatic N) is 2. The van der Waals surface area contributed by atoms with Crippen LogP contribution < -0.4 is 9.47 Å². The smallest absolute Gasteiger partial charge is 0.259 e. The molecule has 6 nitrogen and oxygen atoms in total. The molecule has 0 saturated carbocycles. The predicted molar refractivity (Wildman–Crippen MR) is 113 cm³/mol. The summed E-state index contributed by atoms with van der Waals surface area (Å²) in [6.07, 6.45) is 3.82. The van der Waals surface area contributed by atoms with Crippen molar-refractivity contribution in [2.75, 3.05) is 13.2 Å². The van der Waals surface area contributed by atoms with Crippen molar-refractivity contribution in [3.63, 3.8) is 0 Å². The summed E-state index contributed by atoms with van der Waals surface area (Å²) in [5, 5.41) is 8.47. The highest BCUT2D eigenvalue weighted by molar-refractivity contribution is 6.50. The number of aromatic nitrogens is 2. The topological polar surface area (TPSA) is 70.5 Å². The van der Waals surface area contributed by atoms with Crippen LogP contribution in [0.15, 0.2) is 33.1 Å². The van der Waals surface area contributed by atoms with Crippen LogP contribution in [0, 0.1) is 13.8 Å². The number of ether oxygens (including phenoxy) is 2. The summed E-state index contributed by atoms with van der Waals surface area (Å²) in [5.41, 5.74) is 1.61. The van der Waals surface area contributed by atoms with Crippen LogP contribution in [0.25, 0.3) is 22.6 Å². The van der Waals surface area contributed by atoms with Gasteiger partial charge >= 0.3 is 0 Å². The van der Waals surface area contributed by atoms with Crippen LogP contribution in [0.2, 0.25) is 0 Å². The first-order valence-electron chi connectivity index (χ1n) is 9.70. The van der Waals surface area contributed by atoms with Gasteiger partial charge in [0.15, 0.2) is 11.5 Å². The largest absolute Gasteiger partial charge is 0.490 e. The third-order valence-electron chi connectivity index (χ3n) is 4.22. The molecule has 3 rings (SSSR count). The Morgan fingerprint density at radius 2 is 1.90 bits per heavy atom. The highest BCUT2D eigenvalue weighted by atomic mass is 35.5. The Labute approximate surface area is 175 Å². The van der Waals surface area contributed by atoms with E-state index in [1.54, 1.807) is 6.08 Å². The van der Waals surface area contributed by atoms with E-state index in [4.69, 9.17) is 29.9 Å². The van der Waals surface area contributed by atoms with Gasteiger partial charge in [0.05, 0.1) is 18.8 Å². The van der Waals surface area contributed by atoms with Gasteiger partial charge in [-0.2, -0.15) is 0 Å². The molecule has 1 aromatic carbocycles. The molecular formula is C22H25ClN2O4. The average molecular weight is 417 g/mol. The van der Waals surface area contributed by atoms with E-state index in [-0.39, 0.29) is 5.89 Å². The van der Waals surface area contributed by atoms with Crippen molar-refractivity contribution in [3.05, 3.63) is 47.2 Å². The molecule has 0 amide bonds. The molecule has 2 heterocycles. The van der Waals surface area contributed by atoms with Gasteiger partial charge in [-0.1, -0.05) is 31.0 Å². The highest BCUT2D eigenvalue weighted by Gasteiger charge is 2.16. The Bertz CT molecular complexity index is 991. The molecule has 7 heteroatoms. The number of rotatable bonds is 9. The third kappa shape index (κ3) is 5.21. The van der Waals surface area contributed by atoms with E-state index < -0.39 is 0 Å². The van der Waals surface area contributed by atoms with Gasteiger partial charge in [-0.3, -0.25) is 0 Å². The van der Waals surface area contributed by atoms with Gasteiger partial charge in [0, 0.05) is 0 Å². The second kappa shape index (κ2) is 9.65. The molecule has 0 bridgehead atoms. The lowest BCUT2D eigenvalue weighted by Gasteiger charge is -2.12. The van der Waals surface area contributed by atoms with E-state index in [9.17, 15) is 0 Å². The highest BCUT2D eigenvalue weighted by Crippen LogP contribution is 2.32. The minimum absolute atomic E-state index is 0.237. The molecule has 154 valence electrons. The summed E-state index contributed by atoms with van der Waals surface area (Å²) in [4.78, 5) is 0. The van der Waals surface area contributed by atoms with Crippen LogP contribution in [0.3, 0.4) is 0 Å². The van der Waals surface area contributed by atoms with Crippen LogP contribution in [0.1, 0.15) is 49.7 Å². The van der Waals surface area contributed by atoms with Crippen molar-refractivity contribution in [1.29, 1.82) is 0 Å². The Kier molecular flexibility index (Phi) is 6.99. The molecule has 0 fully saturated rings. The van der Waals surface area contributed by atoms with Crippen molar-refractivity contribution < 1.29 is 18.3 Å². The van der Waals surface area contributed by atoms with Crippen molar-refractivity contribution in [3.8, 4) is 23.0 Å². The molecule has 0 aliphatic carbocycles. The minimum Gasteiger partial charge on any atom is -0.490 e. The maximum atomic E-state index is 6.43. The van der Waals surface area contributed by atoms with Crippen LogP contribution in [0.5, 0.6) is 11.5 Å². The molecule has 29 heavy (non-hydrogen) atoms. The van der Waals surface area contributed by atoms with E-state index in [1.165, 1.54) is 0 Å². The van der Waals surface area contributed by atoms with Crippen LogP contribution in [0.4, 0.5) is 0 Å². The summed E-state index contributed by atoms with van der Waals surface area (Å²) in [6, 6.07) is 7.53. The SMILES string of the molecule is CCCCOc1ccc(/C=C(\Cl)c2nnc(-c3cc(C)oc3C)o2)cc1OCC. The number of hydrogen-bond acceptors (Lipinski definition) is 6. The number of hydrogen-bond donors (Lipinski definition) is 0. The lowest BCUT2D eigenvalue weighted by Crippen LogP contribution is -2.00. The summed E-state index contributed by atoms with van der Waals surface area (Å²) < 4.78 is 22.8. The lowest BCUT2D eigenvalue weighted by atomic mass is 10.2.